The normalized spacial score (nSPS) is 12.4. The van der Waals surface area contributed by atoms with Crippen LogP contribution in [0.2, 0.25) is 0 Å². The van der Waals surface area contributed by atoms with Gasteiger partial charge in [0, 0.05) is 0 Å². The SMILES string of the molecule is NNC(Cc1ccc(F)c(F)c1)c1ccc(F)c(Br)c1. The summed E-state index contributed by atoms with van der Waals surface area (Å²) in [7, 11) is 0. The molecule has 6 heteroatoms. The van der Waals surface area contributed by atoms with Gasteiger partial charge in [0.1, 0.15) is 5.82 Å². The fraction of sp³-hybridized carbons (Fsp3) is 0.143. The molecular weight excluding hydrogens is 333 g/mol. The molecule has 2 rings (SSSR count). The van der Waals surface area contributed by atoms with Crippen molar-refractivity contribution in [2.75, 3.05) is 0 Å². The molecule has 0 aliphatic rings. The number of nitrogens with one attached hydrogen (secondary N) is 1. The predicted molar refractivity (Wildman–Crippen MR) is 74.2 cm³/mol. The van der Waals surface area contributed by atoms with Crippen LogP contribution in [0.15, 0.2) is 40.9 Å². The lowest BCUT2D eigenvalue weighted by Gasteiger charge is -2.17. The number of rotatable bonds is 4. The zero-order valence-corrected chi connectivity index (χ0v) is 11.9. The molecule has 1 atom stereocenters. The molecule has 0 aromatic heterocycles. The monoisotopic (exact) mass is 344 g/mol. The largest absolute Gasteiger partial charge is 0.271 e. The summed E-state index contributed by atoms with van der Waals surface area (Å²) in [5.74, 6) is 3.31. The molecule has 0 fully saturated rings. The fourth-order valence-corrected chi connectivity index (χ4v) is 2.30. The second-order valence-electron chi connectivity index (χ2n) is 4.35. The maximum Gasteiger partial charge on any atom is 0.159 e. The lowest BCUT2D eigenvalue weighted by atomic mass is 9.99. The Hall–Kier alpha value is -1.37. The van der Waals surface area contributed by atoms with Gasteiger partial charge in [0.15, 0.2) is 11.6 Å². The summed E-state index contributed by atoms with van der Waals surface area (Å²) >= 11 is 3.10. The molecule has 0 aliphatic carbocycles. The highest BCUT2D eigenvalue weighted by molar-refractivity contribution is 9.10. The summed E-state index contributed by atoms with van der Waals surface area (Å²) in [4.78, 5) is 0. The summed E-state index contributed by atoms with van der Waals surface area (Å²) in [6.07, 6.45) is 0.353. The van der Waals surface area contributed by atoms with Gasteiger partial charge in [-0.05, 0) is 57.7 Å². The zero-order chi connectivity index (χ0) is 14.7. The molecule has 0 bridgehead atoms. The molecule has 3 N–H and O–H groups in total. The first-order valence-corrected chi connectivity index (χ1v) is 6.65. The fourth-order valence-electron chi connectivity index (χ4n) is 1.90. The minimum absolute atomic E-state index is 0.320. The van der Waals surface area contributed by atoms with Gasteiger partial charge in [-0.15, -0.1) is 0 Å². The van der Waals surface area contributed by atoms with Crippen LogP contribution in [0.25, 0.3) is 0 Å². The smallest absolute Gasteiger partial charge is 0.159 e. The Kier molecular flexibility index (Phi) is 4.80. The van der Waals surface area contributed by atoms with Crippen LogP contribution in [0, 0.1) is 17.5 Å². The topological polar surface area (TPSA) is 38.0 Å². The van der Waals surface area contributed by atoms with Gasteiger partial charge >= 0.3 is 0 Å². The summed E-state index contributed by atoms with van der Waals surface area (Å²) in [6, 6.07) is 7.84. The van der Waals surface area contributed by atoms with Gasteiger partial charge < -0.3 is 0 Å². The minimum atomic E-state index is -0.904. The number of nitrogens with two attached hydrogens (primary N) is 1. The Bertz CT molecular complexity index is 619. The molecule has 1 unspecified atom stereocenters. The van der Waals surface area contributed by atoms with E-state index in [-0.39, 0.29) is 11.9 Å². The van der Waals surface area contributed by atoms with E-state index in [1.807, 2.05) is 0 Å². The van der Waals surface area contributed by atoms with Crippen LogP contribution in [0.4, 0.5) is 13.2 Å². The number of hydrogen-bond acceptors (Lipinski definition) is 2. The van der Waals surface area contributed by atoms with Gasteiger partial charge in [0.05, 0.1) is 10.5 Å². The molecule has 2 aromatic rings. The third kappa shape index (κ3) is 3.39. The Morgan fingerprint density at radius 2 is 1.70 bits per heavy atom. The molecule has 0 radical (unpaired) electrons. The lowest BCUT2D eigenvalue weighted by molar-refractivity contribution is 0.502. The maximum atomic E-state index is 13.2. The van der Waals surface area contributed by atoms with Crippen molar-refractivity contribution in [1.29, 1.82) is 0 Å². The Balaban J connectivity index is 2.23. The zero-order valence-electron chi connectivity index (χ0n) is 10.3. The van der Waals surface area contributed by atoms with E-state index in [0.717, 1.165) is 17.7 Å². The van der Waals surface area contributed by atoms with E-state index in [1.165, 1.54) is 12.1 Å². The Morgan fingerprint density at radius 1 is 1.00 bits per heavy atom. The van der Waals surface area contributed by atoms with Gasteiger partial charge in [0.25, 0.3) is 0 Å². The van der Waals surface area contributed by atoms with Gasteiger partial charge in [-0.1, -0.05) is 12.1 Å². The maximum absolute atomic E-state index is 13.2. The lowest BCUT2D eigenvalue weighted by Crippen LogP contribution is -2.29. The van der Waals surface area contributed by atoms with Crippen LogP contribution in [-0.4, -0.2) is 0 Å². The van der Waals surface area contributed by atoms with Crippen molar-refractivity contribution >= 4 is 15.9 Å². The molecule has 0 amide bonds. The highest BCUT2D eigenvalue weighted by Gasteiger charge is 2.13. The average Bonchev–Trinajstić information content (AvgIpc) is 2.43. The van der Waals surface area contributed by atoms with Crippen molar-refractivity contribution in [3.8, 4) is 0 Å². The molecule has 2 aromatic carbocycles. The minimum Gasteiger partial charge on any atom is -0.271 e. The van der Waals surface area contributed by atoms with Crippen molar-refractivity contribution in [3.05, 3.63) is 69.4 Å². The van der Waals surface area contributed by atoms with Crippen molar-refractivity contribution in [2.24, 2.45) is 5.84 Å². The third-order valence-electron chi connectivity index (χ3n) is 2.97. The molecule has 0 saturated carbocycles. The van der Waals surface area contributed by atoms with Crippen molar-refractivity contribution < 1.29 is 13.2 Å². The highest BCUT2D eigenvalue weighted by Crippen LogP contribution is 2.24. The molecular formula is C14H12BrF3N2. The first kappa shape index (κ1) is 15.0. The van der Waals surface area contributed by atoms with Crippen LogP contribution in [0.5, 0.6) is 0 Å². The molecule has 2 nitrogen and oxygen atoms in total. The van der Waals surface area contributed by atoms with E-state index in [2.05, 4.69) is 21.4 Å². The van der Waals surface area contributed by atoms with E-state index in [1.54, 1.807) is 12.1 Å². The molecule has 20 heavy (non-hydrogen) atoms. The van der Waals surface area contributed by atoms with Gasteiger partial charge in [-0.3, -0.25) is 11.3 Å². The number of hydrogen-bond donors (Lipinski definition) is 2. The van der Waals surface area contributed by atoms with Gasteiger partial charge in [-0.25, -0.2) is 13.2 Å². The van der Waals surface area contributed by atoms with Gasteiger partial charge in [-0.2, -0.15) is 0 Å². The number of halogens is 4. The molecule has 0 heterocycles. The summed E-state index contributed by atoms with van der Waals surface area (Å²) in [5, 5.41) is 0. The predicted octanol–water partition coefficient (Wildman–Crippen LogP) is 3.61. The van der Waals surface area contributed by atoms with Crippen molar-refractivity contribution in [3.63, 3.8) is 0 Å². The third-order valence-corrected chi connectivity index (χ3v) is 3.58. The number of hydrazine groups is 1. The first-order valence-electron chi connectivity index (χ1n) is 5.86. The second-order valence-corrected chi connectivity index (χ2v) is 5.20. The van der Waals surface area contributed by atoms with E-state index in [9.17, 15) is 13.2 Å². The van der Waals surface area contributed by atoms with Gasteiger partial charge in [0.2, 0.25) is 0 Å². The Labute approximate surface area is 122 Å². The average molecular weight is 345 g/mol. The molecule has 0 aliphatic heterocycles. The summed E-state index contributed by atoms with van der Waals surface area (Å²) in [6.45, 7) is 0. The van der Waals surface area contributed by atoms with Crippen LogP contribution in [0.3, 0.4) is 0 Å². The van der Waals surface area contributed by atoms with Crippen molar-refractivity contribution in [1.82, 2.24) is 5.43 Å². The van der Waals surface area contributed by atoms with E-state index in [0.29, 0.717) is 16.5 Å². The standard InChI is InChI=1S/C14H12BrF3N2/c15-10-7-9(2-4-11(10)16)14(20-19)6-8-1-3-12(17)13(18)5-8/h1-5,7,14,20H,6,19H2. The summed E-state index contributed by atoms with van der Waals surface area (Å²) in [5.41, 5.74) is 3.92. The molecule has 0 spiro atoms. The molecule has 106 valence electrons. The van der Waals surface area contributed by atoms with E-state index in [4.69, 9.17) is 5.84 Å². The van der Waals surface area contributed by atoms with E-state index >= 15 is 0 Å². The quantitative estimate of drug-likeness (QED) is 0.656. The Morgan fingerprint density at radius 3 is 2.30 bits per heavy atom. The van der Waals surface area contributed by atoms with E-state index < -0.39 is 11.6 Å². The van der Waals surface area contributed by atoms with Crippen LogP contribution < -0.4 is 11.3 Å². The van der Waals surface area contributed by atoms with Crippen LogP contribution >= 0.6 is 15.9 Å². The summed E-state index contributed by atoms with van der Waals surface area (Å²) < 4.78 is 39.6. The second kappa shape index (κ2) is 6.39. The first-order chi connectivity index (χ1) is 9.51. The van der Waals surface area contributed by atoms with Crippen molar-refractivity contribution in [2.45, 2.75) is 12.5 Å². The highest BCUT2D eigenvalue weighted by atomic mass is 79.9. The number of benzene rings is 2. The molecule has 0 saturated heterocycles. The van der Waals surface area contributed by atoms with Crippen LogP contribution in [0.1, 0.15) is 17.2 Å². The van der Waals surface area contributed by atoms with Crippen LogP contribution in [-0.2, 0) is 6.42 Å².